The summed E-state index contributed by atoms with van der Waals surface area (Å²) in [7, 11) is 0. The first kappa shape index (κ1) is 16.7. The molecule has 0 bridgehead atoms. The van der Waals surface area contributed by atoms with E-state index < -0.39 is 11.5 Å². The van der Waals surface area contributed by atoms with Crippen molar-refractivity contribution in [3.05, 3.63) is 47.9 Å². The van der Waals surface area contributed by atoms with E-state index in [1.165, 1.54) is 0 Å². The Morgan fingerprint density at radius 2 is 2.08 bits per heavy atom. The third-order valence-corrected chi connectivity index (χ3v) is 5.32. The van der Waals surface area contributed by atoms with Crippen LogP contribution in [0.4, 0.5) is 0 Å². The second kappa shape index (κ2) is 6.21. The molecule has 0 radical (unpaired) electrons. The number of piperidine rings is 1. The molecule has 3 aromatic rings. The maximum absolute atomic E-state index is 12.0. The molecule has 8 heteroatoms. The lowest BCUT2D eigenvalue weighted by Gasteiger charge is -2.39. The zero-order chi connectivity index (χ0) is 18.3. The molecule has 0 unspecified atom stereocenters. The third kappa shape index (κ3) is 2.66. The highest BCUT2D eigenvalue weighted by molar-refractivity contribution is 5.77. The number of aliphatic carboxylic acids is 1. The maximum atomic E-state index is 12.0. The summed E-state index contributed by atoms with van der Waals surface area (Å²) in [6.07, 6.45) is 7.93. The largest absolute Gasteiger partial charge is 0.479 e. The average Bonchev–Trinajstić information content (AvgIpc) is 3.26. The normalized spacial score (nSPS) is 17.6. The number of rotatable bonds is 4. The highest BCUT2D eigenvalue weighted by Crippen LogP contribution is 2.31. The van der Waals surface area contributed by atoms with Crippen molar-refractivity contribution in [3.63, 3.8) is 0 Å². The third-order valence-electron chi connectivity index (χ3n) is 5.32. The summed E-state index contributed by atoms with van der Waals surface area (Å²) < 4.78 is 3.59. The Morgan fingerprint density at radius 1 is 1.31 bits per heavy atom. The van der Waals surface area contributed by atoms with Crippen LogP contribution >= 0.6 is 0 Å². The molecular weight excluding hydrogens is 332 g/mol. The van der Waals surface area contributed by atoms with E-state index in [1.54, 1.807) is 23.3 Å². The number of nitrogens with zero attached hydrogens (tertiary/aromatic N) is 6. The van der Waals surface area contributed by atoms with Gasteiger partial charge in [0, 0.05) is 49.0 Å². The summed E-state index contributed by atoms with van der Waals surface area (Å²) in [4.78, 5) is 22.9. The Hall–Kier alpha value is -2.74. The van der Waals surface area contributed by atoms with Crippen LogP contribution in [-0.2, 0) is 16.9 Å². The van der Waals surface area contributed by atoms with Crippen molar-refractivity contribution in [2.75, 3.05) is 13.1 Å². The Morgan fingerprint density at radius 3 is 2.73 bits per heavy atom. The molecule has 0 saturated carbocycles. The Balaban J connectivity index is 1.53. The van der Waals surface area contributed by atoms with Crippen LogP contribution < -0.4 is 0 Å². The van der Waals surface area contributed by atoms with Crippen LogP contribution in [0, 0.1) is 13.8 Å². The number of imidazole rings is 1. The summed E-state index contributed by atoms with van der Waals surface area (Å²) in [5.41, 5.74) is 3.08. The van der Waals surface area contributed by atoms with Crippen molar-refractivity contribution < 1.29 is 9.90 Å². The molecule has 26 heavy (non-hydrogen) atoms. The van der Waals surface area contributed by atoms with Crippen molar-refractivity contribution in [1.29, 1.82) is 0 Å². The molecule has 1 fully saturated rings. The summed E-state index contributed by atoms with van der Waals surface area (Å²) in [6.45, 7) is 6.13. The Bertz CT molecular complexity index is 938. The van der Waals surface area contributed by atoms with Crippen LogP contribution in [0.15, 0.2) is 31.0 Å². The molecule has 1 saturated heterocycles. The second-order valence-corrected chi connectivity index (χ2v) is 7.03. The molecule has 4 heterocycles. The molecule has 136 valence electrons. The zero-order valence-electron chi connectivity index (χ0n) is 15.0. The molecule has 3 aromatic heterocycles. The van der Waals surface area contributed by atoms with Crippen LogP contribution in [-0.4, -0.2) is 53.2 Å². The standard InChI is InChI=1S/C18H22N6O2/c1-13-9-14(2)24-16(21-13)15(10-20-24)11-22-6-3-18(4-7-22,17(25)26)23-8-5-19-12-23/h5,8-10,12H,3-4,6-7,11H2,1-2H3,(H,25,26). The lowest BCUT2D eigenvalue weighted by molar-refractivity contribution is -0.150. The lowest BCUT2D eigenvalue weighted by atomic mass is 9.87. The average molecular weight is 354 g/mol. The number of hydrogen-bond donors (Lipinski definition) is 1. The first-order valence-electron chi connectivity index (χ1n) is 8.75. The van der Waals surface area contributed by atoms with Gasteiger partial charge in [-0.3, -0.25) is 4.90 Å². The predicted molar refractivity (Wildman–Crippen MR) is 94.8 cm³/mol. The van der Waals surface area contributed by atoms with E-state index in [0.717, 1.165) is 29.1 Å². The van der Waals surface area contributed by atoms with Crippen molar-refractivity contribution in [2.45, 2.75) is 38.8 Å². The minimum atomic E-state index is -0.903. The molecule has 4 rings (SSSR count). The highest BCUT2D eigenvalue weighted by Gasteiger charge is 2.43. The molecule has 1 aliphatic heterocycles. The molecule has 0 aromatic carbocycles. The van der Waals surface area contributed by atoms with Gasteiger partial charge in [-0.15, -0.1) is 0 Å². The molecule has 1 N–H and O–H groups in total. The van der Waals surface area contributed by atoms with Gasteiger partial charge in [0.1, 0.15) is 5.54 Å². The summed E-state index contributed by atoms with van der Waals surface area (Å²) in [5, 5.41) is 14.3. The molecule has 0 aliphatic carbocycles. The molecule has 8 nitrogen and oxygen atoms in total. The van der Waals surface area contributed by atoms with E-state index in [1.807, 2.05) is 30.6 Å². The van der Waals surface area contributed by atoms with Gasteiger partial charge in [0.2, 0.25) is 0 Å². The minimum Gasteiger partial charge on any atom is -0.479 e. The number of aryl methyl sites for hydroxylation is 2. The van der Waals surface area contributed by atoms with Crippen LogP contribution in [0.2, 0.25) is 0 Å². The van der Waals surface area contributed by atoms with Gasteiger partial charge >= 0.3 is 5.97 Å². The first-order chi connectivity index (χ1) is 12.5. The number of aromatic nitrogens is 5. The van der Waals surface area contributed by atoms with Gasteiger partial charge in [0.05, 0.1) is 12.5 Å². The van der Waals surface area contributed by atoms with Crippen molar-refractivity contribution in [1.82, 2.24) is 29.0 Å². The second-order valence-electron chi connectivity index (χ2n) is 7.03. The Labute approximate surface area is 151 Å². The van der Waals surface area contributed by atoms with E-state index in [4.69, 9.17) is 0 Å². The zero-order valence-corrected chi connectivity index (χ0v) is 15.0. The fourth-order valence-corrected chi connectivity index (χ4v) is 3.84. The maximum Gasteiger partial charge on any atom is 0.330 e. The van der Waals surface area contributed by atoms with E-state index in [-0.39, 0.29) is 0 Å². The van der Waals surface area contributed by atoms with Crippen LogP contribution in [0.3, 0.4) is 0 Å². The number of fused-ring (bicyclic) bond motifs is 1. The fraction of sp³-hybridized carbons (Fsp3) is 0.444. The predicted octanol–water partition coefficient (Wildman–Crippen LogP) is 1.62. The van der Waals surface area contributed by atoms with Gasteiger partial charge < -0.3 is 9.67 Å². The van der Waals surface area contributed by atoms with Crippen LogP contribution in [0.1, 0.15) is 29.8 Å². The van der Waals surface area contributed by atoms with Crippen molar-refractivity contribution in [2.24, 2.45) is 0 Å². The van der Waals surface area contributed by atoms with Gasteiger partial charge in [-0.1, -0.05) is 0 Å². The number of carboxylic acid groups (broad SMARTS) is 1. The number of carboxylic acids is 1. The van der Waals surface area contributed by atoms with Gasteiger partial charge in [0.15, 0.2) is 5.65 Å². The quantitative estimate of drug-likeness (QED) is 0.766. The van der Waals surface area contributed by atoms with Gasteiger partial charge in [-0.25, -0.2) is 19.3 Å². The smallest absolute Gasteiger partial charge is 0.330 e. The van der Waals surface area contributed by atoms with E-state index >= 15 is 0 Å². The number of hydrogen-bond acceptors (Lipinski definition) is 5. The molecule has 0 amide bonds. The van der Waals surface area contributed by atoms with Gasteiger partial charge in [0.25, 0.3) is 0 Å². The Kier molecular flexibility index (Phi) is 3.99. The summed E-state index contributed by atoms with van der Waals surface area (Å²) >= 11 is 0. The number of carbonyl (C=O) groups is 1. The molecule has 1 aliphatic rings. The van der Waals surface area contributed by atoms with Crippen molar-refractivity contribution in [3.8, 4) is 0 Å². The highest BCUT2D eigenvalue weighted by atomic mass is 16.4. The van der Waals surface area contributed by atoms with E-state index in [2.05, 4.69) is 20.0 Å². The van der Waals surface area contributed by atoms with E-state index in [9.17, 15) is 9.90 Å². The summed E-state index contributed by atoms with van der Waals surface area (Å²) in [6, 6.07) is 2.01. The molecule has 0 atom stereocenters. The topological polar surface area (TPSA) is 88.5 Å². The monoisotopic (exact) mass is 354 g/mol. The SMILES string of the molecule is Cc1cc(C)n2ncc(CN3CCC(C(=O)O)(n4ccnc4)CC3)c2n1. The van der Waals surface area contributed by atoms with Gasteiger partial charge in [-0.05, 0) is 32.8 Å². The molecular formula is C18H22N6O2. The number of likely N-dealkylation sites (tertiary alicyclic amines) is 1. The minimum absolute atomic E-state index is 0.545. The fourth-order valence-electron chi connectivity index (χ4n) is 3.84. The van der Waals surface area contributed by atoms with Crippen molar-refractivity contribution >= 4 is 11.6 Å². The molecule has 0 spiro atoms. The summed E-state index contributed by atoms with van der Waals surface area (Å²) in [5.74, 6) is -0.793. The first-order valence-corrected chi connectivity index (χ1v) is 8.75. The van der Waals surface area contributed by atoms with Gasteiger partial charge in [-0.2, -0.15) is 5.10 Å². The van der Waals surface area contributed by atoms with Crippen LogP contribution in [0.5, 0.6) is 0 Å². The van der Waals surface area contributed by atoms with Crippen LogP contribution in [0.25, 0.3) is 5.65 Å². The van der Waals surface area contributed by atoms with E-state index in [0.29, 0.717) is 25.9 Å². The lowest BCUT2D eigenvalue weighted by Crippen LogP contribution is -2.50.